The van der Waals surface area contributed by atoms with E-state index >= 15 is 0 Å². The Morgan fingerprint density at radius 1 is 1.43 bits per heavy atom. The van der Waals surface area contributed by atoms with Gasteiger partial charge in [-0.1, -0.05) is 39.8 Å². The van der Waals surface area contributed by atoms with Crippen LogP contribution < -0.4 is 0 Å². The van der Waals surface area contributed by atoms with E-state index in [9.17, 15) is 0 Å². The first-order valence-corrected chi connectivity index (χ1v) is 6.64. The number of hydrogen-bond donors (Lipinski definition) is 0. The second-order valence-electron chi connectivity index (χ2n) is 5.76. The third-order valence-electron chi connectivity index (χ3n) is 4.41. The lowest BCUT2D eigenvalue weighted by molar-refractivity contribution is 0.285. The summed E-state index contributed by atoms with van der Waals surface area (Å²) in [4.78, 5) is 0. The Morgan fingerprint density at radius 2 is 2.07 bits per heavy atom. The quantitative estimate of drug-likeness (QED) is 0.614. The SMILES string of the molecule is C=C1C[C@@H]2CC[C@@]1(SC(C)C)C2(C)C. The Kier molecular flexibility index (Phi) is 2.30. The third-order valence-corrected chi connectivity index (χ3v) is 6.30. The van der Waals surface area contributed by atoms with E-state index in [2.05, 4.69) is 46.0 Å². The van der Waals surface area contributed by atoms with E-state index in [0.717, 1.165) is 11.2 Å². The molecule has 0 aromatic heterocycles. The van der Waals surface area contributed by atoms with Crippen molar-refractivity contribution < 1.29 is 0 Å². The highest BCUT2D eigenvalue weighted by Gasteiger charge is 2.61. The minimum atomic E-state index is 0.409. The molecule has 1 heteroatoms. The molecular formula is C13H22S. The maximum atomic E-state index is 4.34. The van der Waals surface area contributed by atoms with Gasteiger partial charge < -0.3 is 0 Å². The molecule has 0 aromatic carbocycles. The molecule has 0 aromatic rings. The topological polar surface area (TPSA) is 0 Å². The maximum Gasteiger partial charge on any atom is 0.0421 e. The van der Waals surface area contributed by atoms with Crippen molar-refractivity contribution in [2.24, 2.45) is 11.3 Å². The molecular weight excluding hydrogens is 188 g/mol. The molecule has 0 N–H and O–H groups in total. The first-order chi connectivity index (χ1) is 6.40. The molecule has 2 rings (SSSR count). The zero-order valence-electron chi connectivity index (χ0n) is 9.89. The van der Waals surface area contributed by atoms with E-state index in [1.165, 1.54) is 24.8 Å². The summed E-state index contributed by atoms with van der Waals surface area (Å²) in [6.07, 6.45) is 4.07. The summed E-state index contributed by atoms with van der Waals surface area (Å²) in [5.41, 5.74) is 2.01. The van der Waals surface area contributed by atoms with Crippen molar-refractivity contribution in [1.82, 2.24) is 0 Å². The van der Waals surface area contributed by atoms with Crippen LogP contribution in [-0.2, 0) is 0 Å². The number of hydrogen-bond acceptors (Lipinski definition) is 1. The summed E-state index contributed by atoms with van der Waals surface area (Å²) in [5.74, 6) is 0.904. The maximum absolute atomic E-state index is 4.34. The summed E-state index contributed by atoms with van der Waals surface area (Å²) < 4.78 is 0.409. The summed E-state index contributed by atoms with van der Waals surface area (Å²) in [5, 5.41) is 0.725. The minimum Gasteiger partial charge on any atom is -0.147 e. The molecule has 0 radical (unpaired) electrons. The van der Waals surface area contributed by atoms with Crippen LogP contribution in [0.4, 0.5) is 0 Å². The lowest BCUT2D eigenvalue weighted by Crippen LogP contribution is -2.36. The largest absolute Gasteiger partial charge is 0.147 e. The van der Waals surface area contributed by atoms with E-state index in [4.69, 9.17) is 0 Å². The Labute approximate surface area is 92.5 Å². The smallest absolute Gasteiger partial charge is 0.0421 e. The second-order valence-corrected chi connectivity index (χ2v) is 7.63. The van der Waals surface area contributed by atoms with Crippen molar-refractivity contribution in [3.63, 3.8) is 0 Å². The van der Waals surface area contributed by atoms with Gasteiger partial charge in [0.05, 0.1) is 0 Å². The van der Waals surface area contributed by atoms with E-state index in [1.54, 1.807) is 0 Å². The molecule has 14 heavy (non-hydrogen) atoms. The predicted molar refractivity (Wildman–Crippen MR) is 65.7 cm³/mol. The lowest BCUT2D eigenvalue weighted by atomic mass is 9.81. The van der Waals surface area contributed by atoms with Gasteiger partial charge in [0.15, 0.2) is 0 Å². The van der Waals surface area contributed by atoms with Gasteiger partial charge >= 0.3 is 0 Å². The lowest BCUT2D eigenvalue weighted by Gasteiger charge is -2.39. The Hall–Kier alpha value is 0.0900. The fourth-order valence-corrected chi connectivity index (χ4v) is 5.30. The molecule has 0 amide bonds. The second kappa shape index (κ2) is 3.04. The van der Waals surface area contributed by atoms with Crippen LogP contribution in [0, 0.1) is 11.3 Å². The van der Waals surface area contributed by atoms with Gasteiger partial charge in [-0.05, 0) is 35.8 Å². The monoisotopic (exact) mass is 210 g/mol. The molecule has 2 atom stereocenters. The summed E-state index contributed by atoms with van der Waals surface area (Å²) >= 11 is 2.17. The minimum absolute atomic E-state index is 0.409. The zero-order valence-corrected chi connectivity index (χ0v) is 10.7. The normalized spacial score (nSPS) is 39.8. The highest BCUT2D eigenvalue weighted by molar-refractivity contribution is 8.01. The van der Waals surface area contributed by atoms with Crippen molar-refractivity contribution in [3.05, 3.63) is 12.2 Å². The van der Waals surface area contributed by atoms with Crippen LogP contribution in [0.2, 0.25) is 0 Å². The molecule has 0 heterocycles. The number of thioether (sulfide) groups is 1. The van der Waals surface area contributed by atoms with E-state index in [0.29, 0.717) is 10.2 Å². The molecule has 0 spiro atoms. The number of fused-ring (bicyclic) bond motifs is 2. The van der Waals surface area contributed by atoms with Gasteiger partial charge in [0.1, 0.15) is 0 Å². The summed E-state index contributed by atoms with van der Waals surface area (Å²) in [6.45, 7) is 13.9. The third kappa shape index (κ3) is 1.14. The van der Waals surface area contributed by atoms with Crippen LogP contribution in [0.15, 0.2) is 12.2 Å². The fraction of sp³-hybridized carbons (Fsp3) is 0.846. The average Bonchev–Trinajstić information content (AvgIpc) is 2.36. The molecule has 2 fully saturated rings. The fourth-order valence-electron chi connectivity index (χ4n) is 3.54. The molecule has 2 bridgehead atoms. The van der Waals surface area contributed by atoms with E-state index in [-0.39, 0.29) is 0 Å². The Balaban J connectivity index is 2.34. The van der Waals surface area contributed by atoms with Crippen LogP contribution >= 0.6 is 11.8 Å². The molecule has 0 saturated heterocycles. The predicted octanol–water partition coefficient (Wildman–Crippen LogP) is 4.26. The van der Waals surface area contributed by atoms with Crippen molar-refractivity contribution in [2.75, 3.05) is 0 Å². The van der Waals surface area contributed by atoms with Crippen molar-refractivity contribution in [1.29, 1.82) is 0 Å². The van der Waals surface area contributed by atoms with E-state index in [1.807, 2.05) is 0 Å². The van der Waals surface area contributed by atoms with Crippen molar-refractivity contribution in [2.45, 2.75) is 57.0 Å². The van der Waals surface area contributed by atoms with Gasteiger partial charge in [0.2, 0.25) is 0 Å². The highest BCUT2D eigenvalue weighted by atomic mass is 32.2. The van der Waals surface area contributed by atoms with Gasteiger partial charge in [-0.15, -0.1) is 11.8 Å². The zero-order chi connectivity index (χ0) is 10.6. The van der Waals surface area contributed by atoms with Gasteiger partial charge in [0.25, 0.3) is 0 Å². The van der Waals surface area contributed by atoms with Crippen LogP contribution in [0.1, 0.15) is 47.0 Å². The number of rotatable bonds is 2. The Bertz CT molecular complexity index is 264. The molecule has 2 aliphatic carbocycles. The molecule has 2 saturated carbocycles. The van der Waals surface area contributed by atoms with Crippen LogP contribution in [0.3, 0.4) is 0 Å². The van der Waals surface area contributed by atoms with Crippen LogP contribution in [0.25, 0.3) is 0 Å². The molecule has 2 aliphatic rings. The standard InChI is InChI=1S/C13H22S/c1-9(2)14-13-7-6-11(8-10(13)3)12(13,4)5/h9,11H,3,6-8H2,1-2,4-5H3/t11-,13-/m0/s1. The average molecular weight is 210 g/mol. The van der Waals surface area contributed by atoms with Crippen molar-refractivity contribution in [3.8, 4) is 0 Å². The first-order valence-electron chi connectivity index (χ1n) is 5.76. The van der Waals surface area contributed by atoms with Crippen LogP contribution in [0.5, 0.6) is 0 Å². The van der Waals surface area contributed by atoms with Crippen molar-refractivity contribution >= 4 is 11.8 Å². The highest BCUT2D eigenvalue weighted by Crippen LogP contribution is 2.68. The summed E-state index contributed by atoms with van der Waals surface area (Å²) in [7, 11) is 0. The molecule has 0 nitrogen and oxygen atoms in total. The summed E-state index contributed by atoms with van der Waals surface area (Å²) in [6, 6.07) is 0. The van der Waals surface area contributed by atoms with Gasteiger partial charge in [0, 0.05) is 4.75 Å². The van der Waals surface area contributed by atoms with Crippen LogP contribution in [-0.4, -0.2) is 10.00 Å². The van der Waals surface area contributed by atoms with E-state index < -0.39 is 0 Å². The van der Waals surface area contributed by atoms with Gasteiger partial charge in [-0.2, -0.15) is 0 Å². The Morgan fingerprint density at radius 3 is 2.43 bits per heavy atom. The molecule has 0 aliphatic heterocycles. The molecule has 0 unspecified atom stereocenters. The van der Waals surface area contributed by atoms with Gasteiger partial charge in [-0.3, -0.25) is 0 Å². The van der Waals surface area contributed by atoms with Gasteiger partial charge in [-0.25, -0.2) is 0 Å². The molecule has 80 valence electrons. The first kappa shape index (κ1) is 10.6.